The zero-order chi connectivity index (χ0) is 2.71. The van der Waals surface area contributed by atoms with E-state index in [1.807, 2.05) is 4.91 Å². The Labute approximate surface area is 60.7 Å². The summed E-state index contributed by atoms with van der Waals surface area (Å²) in [6.07, 6.45) is 0. The molecule has 20 valence electrons. The predicted molar refractivity (Wildman–Crippen MR) is 16.1 cm³/mol. The molecular weight excluding hydrogens is 130 g/mol. The molecule has 0 fully saturated rings. The first kappa shape index (κ1) is 8.84. The van der Waals surface area contributed by atoms with E-state index in [2.05, 4.69) is 0 Å². The van der Waals surface area contributed by atoms with Gasteiger partial charge in [-0.15, -0.1) is 0 Å². The number of hydrogen-bond acceptors (Lipinski definition) is 2. The van der Waals surface area contributed by atoms with E-state index >= 15 is 0 Å². The molecule has 0 aromatic heterocycles. The summed E-state index contributed by atoms with van der Waals surface area (Å²) in [5, 5.41) is 0. The van der Waals surface area contributed by atoms with Crippen molar-refractivity contribution in [3.8, 4) is 0 Å². The summed E-state index contributed by atoms with van der Waals surface area (Å²) in [4.78, 5) is 2.00. The van der Waals surface area contributed by atoms with Crippen molar-refractivity contribution in [3.63, 3.8) is 0 Å². The van der Waals surface area contributed by atoms with Crippen LogP contribution in [0.1, 0.15) is 0 Å². The van der Waals surface area contributed by atoms with Crippen molar-refractivity contribution in [2.75, 3.05) is 0 Å². The van der Waals surface area contributed by atoms with Gasteiger partial charge in [0.2, 0.25) is 4.91 Å². The molecule has 0 rings (SSSR count). The van der Waals surface area contributed by atoms with E-state index in [4.69, 9.17) is 11.1 Å². The minimum absolute atomic E-state index is 0. The topological polar surface area (TPSA) is 61.8 Å². The molecule has 0 aliphatic rings. The van der Waals surface area contributed by atoms with Crippen molar-refractivity contribution in [1.82, 2.24) is 4.91 Å². The van der Waals surface area contributed by atoms with E-state index in [9.17, 15) is 0 Å². The quantitative estimate of drug-likeness (QED) is 0.247. The van der Waals surface area contributed by atoms with Crippen LogP contribution in [-0.4, -0.2) is 45.5 Å². The second-order valence-corrected chi connectivity index (χ2v) is 0.112. The van der Waals surface area contributed by atoms with Crippen LogP contribution in [0, 0.1) is 11.1 Å². The molecule has 0 aliphatic carbocycles. The molecule has 0 bridgehead atoms. The molecule has 2 N–H and O–H groups in total. The van der Waals surface area contributed by atoms with Gasteiger partial charge in [0.25, 0.3) is 0 Å². The van der Waals surface area contributed by atoms with Gasteiger partial charge in [-0.05, 0) is 0 Å². The van der Waals surface area contributed by atoms with E-state index in [0.29, 0.717) is 0 Å². The molecule has 0 heterocycles. The van der Waals surface area contributed by atoms with Gasteiger partial charge in [-0.2, -0.15) is 0 Å². The Morgan fingerprint density at radius 1 is 1.25 bits per heavy atom. The molecule has 0 saturated heterocycles. The molecule has 0 aromatic rings. The van der Waals surface area contributed by atoms with Crippen LogP contribution in [-0.2, 0) is 0 Å². The molecular formula is H4N3Sr+. The van der Waals surface area contributed by atoms with Crippen LogP contribution < -0.4 is 4.91 Å². The molecule has 0 atom stereocenters. The molecule has 0 amide bonds. The summed E-state index contributed by atoms with van der Waals surface area (Å²) >= 11 is 0. The zero-order valence-corrected chi connectivity index (χ0v) is 1.45. The van der Waals surface area contributed by atoms with Crippen molar-refractivity contribution in [2.45, 2.75) is 0 Å². The van der Waals surface area contributed by atoms with E-state index < -0.39 is 0 Å². The third kappa shape index (κ3) is 14.3. The predicted octanol–water partition coefficient (Wildman–Crippen LogP) is -0.801. The van der Waals surface area contributed by atoms with Crippen LogP contribution in [0.2, 0.25) is 0 Å². The van der Waals surface area contributed by atoms with Crippen LogP contribution in [0.5, 0.6) is 0 Å². The number of hydrogen-bond donors (Lipinski definition) is 2. The summed E-state index contributed by atoms with van der Waals surface area (Å²) in [5.74, 6) is 0. The molecule has 4 heavy (non-hydrogen) atoms. The summed E-state index contributed by atoms with van der Waals surface area (Å²) in [6, 6.07) is 0. The van der Waals surface area contributed by atoms with Crippen molar-refractivity contribution in [1.29, 1.82) is 11.1 Å². The van der Waals surface area contributed by atoms with Crippen LogP contribution in [0.4, 0.5) is 0 Å². The molecule has 0 unspecified atom stereocenters. The van der Waals surface area contributed by atoms with Crippen molar-refractivity contribution in [2.24, 2.45) is 0 Å². The summed E-state index contributed by atoms with van der Waals surface area (Å²) in [6.45, 7) is 0. The van der Waals surface area contributed by atoms with Gasteiger partial charge in [-0.3, -0.25) is 0 Å². The van der Waals surface area contributed by atoms with Gasteiger partial charge in [0.15, 0.2) is 0 Å². The molecule has 0 spiro atoms. The van der Waals surface area contributed by atoms with Crippen LogP contribution in [0.3, 0.4) is 0 Å². The first-order valence-electron chi connectivity index (χ1n) is 0.447. The van der Waals surface area contributed by atoms with Gasteiger partial charge in [-0.1, -0.05) is 0 Å². The normalized spacial score (nSPS) is 2.00. The maximum atomic E-state index is 5.50. The average Bonchev–Trinajstić information content (AvgIpc) is 0.918. The number of rotatable bonds is 0. The first-order chi connectivity index (χ1) is 1.41. The first-order valence-corrected chi connectivity index (χ1v) is 0.447. The summed E-state index contributed by atoms with van der Waals surface area (Å²) < 4.78 is 0. The van der Waals surface area contributed by atoms with Crippen molar-refractivity contribution >= 4 is 45.5 Å². The van der Waals surface area contributed by atoms with E-state index in [1.165, 1.54) is 0 Å². The fourth-order valence-corrected chi connectivity index (χ4v) is 0. The number of nitrogens with zero attached hydrogens (tertiary/aromatic N) is 1. The van der Waals surface area contributed by atoms with E-state index in [0.717, 1.165) is 0 Å². The van der Waals surface area contributed by atoms with Crippen LogP contribution in [0.25, 0.3) is 0 Å². The average molecular weight is 134 g/mol. The Balaban J connectivity index is 0. The Morgan fingerprint density at radius 2 is 1.25 bits per heavy atom. The molecule has 0 aliphatic heterocycles. The van der Waals surface area contributed by atoms with Crippen LogP contribution in [0.15, 0.2) is 0 Å². The van der Waals surface area contributed by atoms with Crippen LogP contribution >= 0.6 is 0 Å². The second-order valence-electron chi connectivity index (χ2n) is 0.112. The van der Waals surface area contributed by atoms with Gasteiger partial charge in [0.05, 0.1) is 0 Å². The van der Waals surface area contributed by atoms with Gasteiger partial charge in [-0.25, -0.2) is 0 Å². The standard InChI is InChI=1S/H2N3.Sr.2H/c1-3-2;;;/h1-2H;;;/q+1;;;. The fraction of sp³-hybridized carbons (Fsp3) is 0. The molecule has 0 aromatic carbocycles. The van der Waals surface area contributed by atoms with Gasteiger partial charge >= 0.3 is 45.5 Å². The summed E-state index contributed by atoms with van der Waals surface area (Å²) in [5.41, 5.74) is 11.0. The Hall–Kier alpha value is 0.791. The maximum absolute atomic E-state index is 5.50. The van der Waals surface area contributed by atoms with Gasteiger partial charge in [0.1, 0.15) is 11.1 Å². The van der Waals surface area contributed by atoms with Crippen molar-refractivity contribution < 1.29 is 0 Å². The third-order valence-corrected chi connectivity index (χ3v) is 0. The molecule has 0 saturated carbocycles. The Kier molecular flexibility index (Phi) is 20.3. The van der Waals surface area contributed by atoms with Gasteiger partial charge in [0, 0.05) is 0 Å². The van der Waals surface area contributed by atoms with Gasteiger partial charge < -0.3 is 0 Å². The Morgan fingerprint density at radius 3 is 1.25 bits per heavy atom. The SMILES string of the molecule is N=[N+]=N.[SrH2]. The Bertz CT molecular complexity index is 24.3. The zero-order valence-electron chi connectivity index (χ0n) is 1.45. The summed E-state index contributed by atoms with van der Waals surface area (Å²) in [7, 11) is 0. The molecule has 3 nitrogen and oxygen atoms in total. The number of nitrogens with one attached hydrogen (secondary N) is 2. The molecule has 4 heteroatoms. The van der Waals surface area contributed by atoms with E-state index in [1.54, 1.807) is 0 Å². The second kappa shape index (κ2) is 9.21. The fourth-order valence-electron chi connectivity index (χ4n) is 0. The van der Waals surface area contributed by atoms with E-state index in [-0.39, 0.29) is 45.5 Å². The monoisotopic (exact) mass is 134 g/mol. The molecule has 0 radical (unpaired) electrons. The van der Waals surface area contributed by atoms with Crippen molar-refractivity contribution in [3.05, 3.63) is 0 Å². The third-order valence-electron chi connectivity index (χ3n) is 0. The minimum atomic E-state index is 0.